The molecule has 1 aromatic carbocycles. The average Bonchev–Trinajstić information content (AvgIpc) is 3.01. The number of hydrogen-bond donors (Lipinski definition) is 2. The molecule has 1 aromatic rings. The summed E-state index contributed by atoms with van der Waals surface area (Å²) < 4.78 is 5.69. The molecule has 1 fully saturated rings. The van der Waals surface area contributed by atoms with E-state index in [1.54, 1.807) is 0 Å². The van der Waals surface area contributed by atoms with Gasteiger partial charge in [-0.15, -0.1) is 0 Å². The zero-order chi connectivity index (χ0) is 15.1. The third kappa shape index (κ3) is 4.52. The zero-order valence-corrected chi connectivity index (χ0v) is 12.4. The van der Waals surface area contributed by atoms with Crippen LogP contribution in [0.15, 0.2) is 30.3 Å². The van der Waals surface area contributed by atoms with E-state index in [0.717, 1.165) is 19.3 Å². The van der Waals surface area contributed by atoms with Crippen LogP contribution in [0.3, 0.4) is 0 Å². The predicted molar refractivity (Wildman–Crippen MR) is 82.7 cm³/mol. The van der Waals surface area contributed by atoms with Crippen LogP contribution in [0.2, 0.25) is 0 Å². The van der Waals surface area contributed by atoms with Crippen LogP contribution in [0.4, 0.5) is 0 Å². The summed E-state index contributed by atoms with van der Waals surface area (Å²) >= 11 is 0. The summed E-state index contributed by atoms with van der Waals surface area (Å²) in [4.78, 5) is 14.3. The molecule has 0 saturated carbocycles. The van der Waals surface area contributed by atoms with Crippen LogP contribution in [-0.4, -0.2) is 49.2 Å². The molecule has 0 aliphatic carbocycles. The lowest BCUT2D eigenvalue weighted by molar-refractivity contribution is -0.142. The first kappa shape index (κ1) is 15.9. The van der Waals surface area contributed by atoms with Gasteiger partial charge >= 0.3 is 0 Å². The molecule has 21 heavy (non-hydrogen) atoms. The Morgan fingerprint density at radius 1 is 1.19 bits per heavy atom. The van der Waals surface area contributed by atoms with E-state index in [1.165, 1.54) is 5.56 Å². The van der Waals surface area contributed by atoms with Crippen LogP contribution in [0.5, 0.6) is 0 Å². The summed E-state index contributed by atoms with van der Waals surface area (Å²) in [5.74, 6) is 0.0485. The van der Waals surface area contributed by atoms with Crippen LogP contribution in [0, 0.1) is 0 Å². The molecule has 5 nitrogen and oxygen atoms in total. The van der Waals surface area contributed by atoms with E-state index in [4.69, 9.17) is 16.2 Å². The first-order valence-electron chi connectivity index (χ1n) is 7.63. The minimum Gasteiger partial charge on any atom is -0.364 e. The molecule has 2 rings (SSSR count). The molecule has 2 atom stereocenters. The van der Waals surface area contributed by atoms with Gasteiger partial charge in [0.1, 0.15) is 6.10 Å². The number of hydrogen-bond acceptors (Lipinski definition) is 4. The molecule has 0 radical (unpaired) electrons. The van der Waals surface area contributed by atoms with Crippen LogP contribution in [0.1, 0.15) is 18.4 Å². The Morgan fingerprint density at radius 3 is 2.57 bits per heavy atom. The lowest BCUT2D eigenvalue weighted by atomic mass is 10.1. The number of benzene rings is 1. The number of carbonyl (C=O) groups excluding carboxylic acids is 1. The van der Waals surface area contributed by atoms with Gasteiger partial charge in [-0.1, -0.05) is 30.3 Å². The molecule has 1 saturated heterocycles. The molecule has 0 aromatic heterocycles. The van der Waals surface area contributed by atoms with E-state index in [0.29, 0.717) is 26.2 Å². The lowest BCUT2D eigenvalue weighted by Gasteiger charge is -2.25. The van der Waals surface area contributed by atoms with Crippen molar-refractivity contribution in [3.05, 3.63) is 35.9 Å². The fourth-order valence-corrected chi connectivity index (χ4v) is 2.66. The molecule has 4 N–H and O–H groups in total. The first-order valence-corrected chi connectivity index (χ1v) is 7.63. The topological polar surface area (TPSA) is 81.6 Å². The molecule has 1 heterocycles. The smallest absolute Gasteiger partial charge is 0.251 e. The SMILES string of the molecule is NCCN(CCc1ccccc1)C(=O)[C@@H]1CC[C@H](CN)O1. The number of nitrogens with two attached hydrogens (primary N) is 2. The summed E-state index contributed by atoms with van der Waals surface area (Å²) in [7, 11) is 0. The van der Waals surface area contributed by atoms with E-state index in [2.05, 4.69) is 12.1 Å². The van der Waals surface area contributed by atoms with Crippen LogP contribution in [-0.2, 0) is 16.0 Å². The van der Waals surface area contributed by atoms with Gasteiger partial charge in [-0.25, -0.2) is 0 Å². The summed E-state index contributed by atoms with van der Waals surface area (Å²) in [6, 6.07) is 10.2. The molecular weight excluding hydrogens is 266 g/mol. The maximum atomic E-state index is 12.5. The Bertz CT molecular complexity index is 438. The number of nitrogens with zero attached hydrogens (tertiary/aromatic N) is 1. The molecular formula is C16H25N3O2. The monoisotopic (exact) mass is 291 g/mol. The highest BCUT2D eigenvalue weighted by Gasteiger charge is 2.32. The molecule has 1 aliphatic rings. The first-order chi connectivity index (χ1) is 10.2. The molecule has 1 aliphatic heterocycles. The second-order valence-corrected chi connectivity index (χ2v) is 5.41. The quantitative estimate of drug-likeness (QED) is 0.767. The largest absolute Gasteiger partial charge is 0.364 e. The van der Waals surface area contributed by atoms with Crippen LogP contribution < -0.4 is 11.5 Å². The fourth-order valence-electron chi connectivity index (χ4n) is 2.66. The summed E-state index contributed by atoms with van der Waals surface area (Å²) in [6.45, 7) is 2.18. The van der Waals surface area contributed by atoms with Crippen molar-refractivity contribution in [2.45, 2.75) is 31.5 Å². The molecule has 5 heteroatoms. The average molecular weight is 291 g/mol. The molecule has 0 unspecified atom stereocenters. The van der Waals surface area contributed by atoms with Crippen molar-refractivity contribution in [2.75, 3.05) is 26.2 Å². The van der Waals surface area contributed by atoms with Crippen molar-refractivity contribution in [2.24, 2.45) is 11.5 Å². The summed E-state index contributed by atoms with van der Waals surface area (Å²) in [6.07, 6.45) is 2.13. The van der Waals surface area contributed by atoms with E-state index in [1.807, 2.05) is 23.1 Å². The number of ether oxygens (including phenoxy) is 1. The van der Waals surface area contributed by atoms with Crippen molar-refractivity contribution >= 4 is 5.91 Å². The van der Waals surface area contributed by atoms with E-state index in [9.17, 15) is 4.79 Å². The van der Waals surface area contributed by atoms with E-state index < -0.39 is 0 Å². The highest BCUT2D eigenvalue weighted by atomic mass is 16.5. The molecule has 1 amide bonds. The maximum Gasteiger partial charge on any atom is 0.251 e. The second-order valence-electron chi connectivity index (χ2n) is 5.41. The standard InChI is InChI=1S/C16H25N3O2/c17-9-11-19(10-8-13-4-2-1-3-5-13)16(20)15-7-6-14(12-18)21-15/h1-5,14-15H,6-12,17-18H2/t14-,15+/m1/s1. The van der Waals surface area contributed by atoms with Gasteiger partial charge in [0.15, 0.2) is 0 Å². The second kappa shape index (κ2) is 8.12. The van der Waals surface area contributed by atoms with Crippen LogP contribution in [0.25, 0.3) is 0 Å². The van der Waals surface area contributed by atoms with Crippen molar-refractivity contribution in [3.63, 3.8) is 0 Å². The summed E-state index contributed by atoms with van der Waals surface area (Å²) in [5, 5.41) is 0. The Morgan fingerprint density at radius 2 is 1.95 bits per heavy atom. The van der Waals surface area contributed by atoms with Gasteiger partial charge in [0.2, 0.25) is 0 Å². The van der Waals surface area contributed by atoms with Gasteiger partial charge in [-0.2, -0.15) is 0 Å². The Kier molecular flexibility index (Phi) is 6.17. The van der Waals surface area contributed by atoms with Crippen LogP contribution >= 0.6 is 0 Å². The number of carbonyl (C=O) groups is 1. The lowest BCUT2D eigenvalue weighted by Crippen LogP contribution is -2.43. The third-order valence-electron chi connectivity index (χ3n) is 3.87. The van der Waals surface area contributed by atoms with Crippen molar-refractivity contribution in [1.82, 2.24) is 4.90 Å². The Labute approximate surface area is 126 Å². The summed E-state index contributed by atoms with van der Waals surface area (Å²) in [5.41, 5.74) is 12.5. The molecule has 0 bridgehead atoms. The number of rotatable bonds is 7. The predicted octanol–water partition coefficient (Wildman–Crippen LogP) is 0.523. The fraction of sp³-hybridized carbons (Fsp3) is 0.562. The van der Waals surface area contributed by atoms with Crippen molar-refractivity contribution in [3.8, 4) is 0 Å². The Hall–Kier alpha value is -1.43. The maximum absolute atomic E-state index is 12.5. The van der Waals surface area contributed by atoms with Gasteiger partial charge in [-0.3, -0.25) is 4.79 Å². The van der Waals surface area contributed by atoms with Crippen molar-refractivity contribution in [1.29, 1.82) is 0 Å². The minimum atomic E-state index is -0.346. The van der Waals surface area contributed by atoms with Crippen molar-refractivity contribution < 1.29 is 9.53 Å². The highest BCUT2D eigenvalue weighted by Crippen LogP contribution is 2.20. The third-order valence-corrected chi connectivity index (χ3v) is 3.87. The highest BCUT2D eigenvalue weighted by molar-refractivity contribution is 5.81. The van der Waals surface area contributed by atoms with Gasteiger partial charge in [0.25, 0.3) is 5.91 Å². The Balaban J connectivity index is 1.90. The van der Waals surface area contributed by atoms with E-state index in [-0.39, 0.29) is 18.1 Å². The molecule has 0 spiro atoms. The number of amides is 1. The van der Waals surface area contributed by atoms with Gasteiger partial charge in [-0.05, 0) is 24.8 Å². The van der Waals surface area contributed by atoms with E-state index >= 15 is 0 Å². The zero-order valence-electron chi connectivity index (χ0n) is 12.4. The molecule has 116 valence electrons. The van der Waals surface area contributed by atoms with Gasteiger partial charge in [0.05, 0.1) is 6.10 Å². The normalized spacial score (nSPS) is 21.4. The minimum absolute atomic E-state index is 0.0211. The van der Waals surface area contributed by atoms with Gasteiger partial charge < -0.3 is 21.1 Å². The van der Waals surface area contributed by atoms with Gasteiger partial charge in [0, 0.05) is 26.2 Å².